The lowest BCUT2D eigenvalue weighted by Gasteiger charge is -2.36. The Hall–Kier alpha value is -2.78. The molecule has 9 heteroatoms. The summed E-state index contributed by atoms with van der Waals surface area (Å²) >= 11 is 0. The fourth-order valence-electron chi connectivity index (χ4n) is 4.59. The molecule has 2 amide bonds. The minimum atomic E-state index is -2.02. The summed E-state index contributed by atoms with van der Waals surface area (Å²) in [5, 5.41) is 23.3. The number of hydrogen-bond acceptors (Lipinski definition) is 7. The summed E-state index contributed by atoms with van der Waals surface area (Å²) in [6.45, 7) is 6.38. The molecule has 1 aromatic carbocycles. The number of imide groups is 1. The first-order valence-electron chi connectivity index (χ1n) is 9.63. The van der Waals surface area contributed by atoms with E-state index in [9.17, 15) is 29.4 Å². The number of carbonyl (C=O) groups excluding carboxylic acids is 3. The quantitative estimate of drug-likeness (QED) is 0.481. The number of esters is 1. The van der Waals surface area contributed by atoms with E-state index in [0.29, 0.717) is 11.1 Å². The monoisotopic (exact) mass is 418 g/mol. The highest BCUT2D eigenvalue weighted by molar-refractivity contribution is 6.10. The number of carboxylic acid groups (broad SMARTS) is 1. The second-order valence-corrected chi connectivity index (χ2v) is 8.77. The van der Waals surface area contributed by atoms with Gasteiger partial charge in [-0.25, -0.2) is 4.79 Å². The molecule has 9 nitrogen and oxygen atoms in total. The molecule has 2 fully saturated rings. The Bertz CT molecular complexity index is 903. The van der Waals surface area contributed by atoms with Crippen LogP contribution in [0, 0.1) is 11.8 Å². The summed E-state index contributed by atoms with van der Waals surface area (Å²) in [7, 11) is 1.26. The Morgan fingerprint density at radius 3 is 2.17 bits per heavy atom. The molecule has 2 saturated heterocycles. The molecule has 0 spiro atoms. The Kier molecular flexibility index (Phi) is 5.24. The van der Waals surface area contributed by atoms with Crippen LogP contribution in [0.5, 0.6) is 0 Å². The molecule has 3 rings (SSSR count). The van der Waals surface area contributed by atoms with Crippen LogP contribution in [0.4, 0.5) is 0 Å². The van der Waals surface area contributed by atoms with Gasteiger partial charge >= 0.3 is 11.9 Å². The third-order valence-electron chi connectivity index (χ3n) is 5.97. The van der Waals surface area contributed by atoms with Crippen LogP contribution in [0.15, 0.2) is 24.3 Å². The Morgan fingerprint density at radius 1 is 1.17 bits per heavy atom. The number of carboxylic acids is 1. The largest absolute Gasteiger partial charge is 0.480 e. The molecule has 2 aliphatic rings. The number of methoxy groups -OCH3 is 1. The predicted octanol–water partition coefficient (Wildman–Crippen LogP) is 0.721. The van der Waals surface area contributed by atoms with Gasteiger partial charge in [0.25, 0.3) is 0 Å². The van der Waals surface area contributed by atoms with E-state index in [4.69, 9.17) is 0 Å². The van der Waals surface area contributed by atoms with Crippen molar-refractivity contribution >= 4 is 23.8 Å². The van der Waals surface area contributed by atoms with Gasteiger partial charge in [0.1, 0.15) is 0 Å². The van der Waals surface area contributed by atoms with Crippen LogP contribution >= 0.6 is 0 Å². The van der Waals surface area contributed by atoms with Crippen molar-refractivity contribution in [2.45, 2.75) is 50.9 Å². The number of hydrogen-bond donors (Lipinski definition) is 3. The maximum absolute atomic E-state index is 13.3. The lowest BCUT2D eigenvalue weighted by Crippen LogP contribution is -2.63. The van der Waals surface area contributed by atoms with E-state index in [1.54, 1.807) is 32.9 Å². The molecule has 5 atom stereocenters. The van der Waals surface area contributed by atoms with Gasteiger partial charge in [0.15, 0.2) is 5.54 Å². The SMILES string of the molecule is COC(=O)c1ccc(C2NC(C(=O)O)(C(C)O)C3C(=O)N(C(C)(C)C)C(=O)C23)cc1. The summed E-state index contributed by atoms with van der Waals surface area (Å²) in [6, 6.07) is 5.33. The van der Waals surface area contributed by atoms with E-state index in [0.717, 1.165) is 4.90 Å². The summed E-state index contributed by atoms with van der Waals surface area (Å²) in [4.78, 5) is 51.7. The van der Waals surface area contributed by atoms with Gasteiger partial charge in [-0.2, -0.15) is 0 Å². The first-order valence-corrected chi connectivity index (χ1v) is 9.63. The third kappa shape index (κ3) is 3.00. The highest BCUT2D eigenvalue weighted by atomic mass is 16.5. The minimum absolute atomic E-state index is 0.293. The number of rotatable bonds is 4. The van der Waals surface area contributed by atoms with Crippen molar-refractivity contribution in [3.8, 4) is 0 Å². The van der Waals surface area contributed by atoms with E-state index >= 15 is 0 Å². The van der Waals surface area contributed by atoms with Crippen LogP contribution < -0.4 is 5.32 Å². The number of aliphatic hydroxyl groups is 1. The topological polar surface area (TPSA) is 133 Å². The van der Waals surface area contributed by atoms with Crippen LogP contribution in [-0.4, -0.2) is 63.2 Å². The van der Waals surface area contributed by atoms with E-state index < -0.39 is 58.8 Å². The van der Waals surface area contributed by atoms with Gasteiger partial charge in [-0.05, 0) is 45.4 Å². The summed E-state index contributed by atoms with van der Waals surface area (Å²) < 4.78 is 4.68. The number of likely N-dealkylation sites (tertiary alicyclic amines) is 1. The fourth-order valence-corrected chi connectivity index (χ4v) is 4.59. The molecule has 0 radical (unpaired) electrons. The second kappa shape index (κ2) is 7.17. The Balaban J connectivity index is 2.14. The molecule has 5 unspecified atom stereocenters. The highest BCUT2D eigenvalue weighted by Gasteiger charge is 2.71. The second-order valence-electron chi connectivity index (χ2n) is 8.77. The van der Waals surface area contributed by atoms with Crippen LogP contribution in [0.3, 0.4) is 0 Å². The Morgan fingerprint density at radius 2 is 1.73 bits per heavy atom. The molecule has 3 N–H and O–H groups in total. The number of ether oxygens (including phenoxy) is 1. The van der Waals surface area contributed by atoms with Gasteiger partial charge in [-0.3, -0.25) is 24.6 Å². The molecular formula is C21H26N2O7. The van der Waals surface area contributed by atoms with Crippen molar-refractivity contribution in [1.29, 1.82) is 0 Å². The zero-order valence-corrected chi connectivity index (χ0v) is 17.5. The van der Waals surface area contributed by atoms with Crippen LogP contribution in [0.25, 0.3) is 0 Å². The van der Waals surface area contributed by atoms with Crippen LogP contribution in [-0.2, 0) is 19.1 Å². The zero-order valence-electron chi connectivity index (χ0n) is 17.5. The van der Waals surface area contributed by atoms with Crippen molar-refractivity contribution in [2.24, 2.45) is 11.8 Å². The molecule has 2 heterocycles. The van der Waals surface area contributed by atoms with Gasteiger partial charge in [-0.15, -0.1) is 0 Å². The van der Waals surface area contributed by atoms with Crippen molar-refractivity contribution < 1.29 is 34.1 Å². The summed E-state index contributed by atoms with van der Waals surface area (Å²) in [5.74, 6) is -5.33. The number of nitrogens with zero attached hydrogens (tertiary/aromatic N) is 1. The lowest BCUT2D eigenvalue weighted by molar-refractivity contribution is -0.158. The van der Waals surface area contributed by atoms with Crippen LogP contribution in [0.1, 0.15) is 49.7 Å². The molecule has 162 valence electrons. The number of nitrogens with one attached hydrogen (secondary N) is 1. The van der Waals surface area contributed by atoms with Gasteiger partial charge in [0.05, 0.1) is 30.6 Å². The van der Waals surface area contributed by atoms with Gasteiger partial charge < -0.3 is 14.9 Å². The first-order chi connectivity index (χ1) is 13.9. The molecule has 0 aromatic heterocycles. The molecule has 0 saturated carbocycles. The number of aliphatic hydroxyl groups excluding tert-OH is 1. The van der Waals surface area contributed by atoms with Gasteiger partial charge in [0, 0.05) is 11.6 Å². The molecule has 0 bridgehead atoms. The van der Waals surface area contributed by atoms with E-state index in [1.807, 2.05) is 0 Å². The van der Waals surface area contributed by atoms with Crippen molar-refractivity contribution in [2.75, 3.05) is 7.11 Å². The highest BCUT2D eigenvalue weighted by Crippen LogP contribution is 2.51. The standard InChI is InChI=1S/C21H26N2O7/c1-10(24)21(19(28)29)14-13(16(25)23(17(14)26)20(2,3)4)15(22-21)11-6-8-12(9-7-11)18(27)30-5/h6-10,13-15,22,24H,1-5H3,(H,28,29). The molecule has 2 aliphatic heterocycles. The summed E-state index contributed by atoms with van der Waals surface area (Å²) in [5.41, 5.74) is -2.05. The minimum Gasteiger partial charge on any atom is -0.480 e. The lowest BCUT2D eigenvalue weighted by atomic mass is 9.76. The number of carbonyl (C=O) groups is 4. The Labute approximate surface area is 174 Å². The third-order valence-corrected chi connectivity index (χ3v) is 5.97. The normalized spacial score (nSPS) is 29.7. The van der Waals surface area contributed by atoms with E-state index in [2.05, 4.69) is 10.1 Å². The zero-order chi connectivity index (χ0) is 22.6. The molecular weight excluding hydrogens is 392 g/mol. The number of fused-ring (bicyclic) bond motifs is 1. The fraction of sp³-hybridized carbons (Fsp3) is 0.524. The van der Waals surface area contributed by atoms with E-state index in [-0.39, 0.29) is 0 Å². The van der Waals surface area contributed by atoms with Crippen LogP contribution in [0.2, 0.25) is 0 Å². The number of amides is 2. The molecule has 30 heavy (non-hydrogen) atoms. The average molecular weight is 418 g/mol. The molecule has 1 aromatic rings. The number of benzene rings is 1. The summed E-state index contributed by atoms with van der Waals surface area (Å²) in [6.07, 6.45) is -1.45. The van der Waals surface area contributed by atoms with Crippen molar-refractivity contribution in [1.82, 2.24) is 10.2 Å². The first kappa shape index (κ1) is 21.9. The smallest absolute Gasteiger partial charge is 0.337 e. The predicted molar refractivity (Wildman–Crippen MR) is 104 cm³/mol. The average Bonchev–Trinajstić information content (AvgIpc) is 3.16. The van der Waals surface area contributed by atoms with Crippen molar-refractivity contribution in [3.05, 3.63) is 35.4 Å². The molecule has 0 aliphatic carbocycles. The van der Waals surface area contributed by atoms with Gasteiger partial charge in [-0.1, -0.05) is 12.1 Å². The van der Waals surface area contributed by atoms with Crippen molar-refractivity contribution in [3.63, 3.8) is 0 Å². The number of aliphatic carboxylic acids is 1. The maximum Gasteiger partial charge on any atom is 0.337 e. The van der Waals surface area contributed by atoms with Gasteiger partial charge in [0.2, 0.25) is 11.8 Å². The maximum atomic E-state index is 13.3. The van der Waals surface area contributed by atoms with E-state index in [1.165, 1.54) is 26.2 Å².